The van der Waals surface area contributed by atoms with E-state index in [1.54, 1.807) is 24.3 Å². The van der Waals surface area contributed by atoms with E-state index in [0.717, 1.165) is 12.8 Å². The van der Waals surface area contributed by atoms with Crippen LogP contribution in [0, 0.1) is 0 Å². The van der Waals surface area contributed by atoms with Crippen molar-refractivity contribution in [3.63, 3.8) is 0 Å². The molecule has 0 saturated heterocycles. The first-order valence-electron chi connectivity index (χ1n) is 7.95. The van der Waals surface area contributed by atoms with Crippen LogP contribution >= 0.6 is 0 Å². The van der Waals surface area contributed by atoms with Crippen LogP contribution < -0.4 is 4.74 Å². The summed E-state index contributed by atoms with van der Waals surface area (Å²) in [6.45, 7) is 2.84. The van der Waals surface area contributed by atoms with Gasteiger partial charge >= 0.3 is 5.97 Å². The molecule has 0 heterocycles. The molecule has 23 heavy (non-hydrogen) atoms. The van der Waals surface area contributed by atoms with Gasteiger partial charge in [0.25, 0.3) is 5.78 Å². The number of benzene rings is 1. The summed E-state index contributed by atoms with van der Waals surface area (Å²) in [6.07, 6.45) is 7.86. The van der Waals surface area contributed by atoms with Gasteiger partial charge in [-0.25, -0.2) is 4.79 Å². The van der Waals surface area contributed by atoms with Crippen LogP contribution in [0.3, 0.4) is 0 Å². The van der Waals surface area contributed by atoms with E-state index < -0.39 is 11.8 Å². The summed E-state index contributed by atoms with van der Waals surface area (Å²) >= 11 is 0. The minimum absolute atomic E-state index is 0.367. The summed E-state index contributed by atoms with van der Waals surface area (Å²) in [5.41, 5.74) is 0.367. The Morgan fingerprint density at radius 2 is 1.61 bits per heavy atom. The molecular weight excluding hydrogens is 296 g/mol. The molecule has 0 bridgehead atoms. The lowest BCUT2D eigenvalue weighted by atomic mass is 10.1. The fourth-order valence-corrected chi connectivity index (χ4v) is 2.06. The first-order valence-corrected chi connectivity index (χ1v) is 7.95. The van der Waals surface area contributed by atoms with Crippen LogP contribution in [0.4, 0.5) is 0 Å². The number of aliphatic carboxylic acids is 1. The number of carbonyl (C=O) groups excluding carboxylic acids is 1. The highest BCUT2D eigenvalue weighted by Gasteiger charge is 2.10. The van der Waals surface area contributed by atoms with E-state index in [1.165, 1.54) is 25.7 Å². The van der Waals surface area contributed by atoms with Gasteiger partial charge in [-0.1, -0.05) is 39.0 Å². The molecular formula is C18H24O5. The van der Waals surface area contributed by atoms with Gasteiger partial charge in [-0.3, -0.25) is 4.79 Å². The Labute approximate surface area is 136 Å². The van der Waals surface area contributed by atoms with E-state index in [4.69, 9.17) is 9.84 Å². The summed E-state index contributed by atoms with van der Waals surface area (Å²) < 4.78 is 5.60. The van der Waals surface area contributed by atoms with Crippen LogP contribution in [-0.4, -0.2) is 28.6 Å². The lowest BCUT2D eigenvalue weighted by molar-refractivity contribution is -0.146. The Kier molecular flexibility index (Phi) is 8.50. The highest BCUT2D eigenvalue weighted by molar-refractivity contribution is 6.38. The highest BCUT2D eigenvalue weighted by atomic mass is 16.5. The van der Waals surface area contributed by atoms with E-state index in [-0.39, 0.29) is 5.76 Å². The fourth-order valence-electron chi connectivity index (χ4n) is 2.06. The number of aliphatic hydroxyl groups is 1. The van der Waals surface area contributed by atoms with Crippen molar-refractivity contribution < 1.29 is 24.5 Å². The average molecular weight is 320 g/mol. The molecule has 0 saturated carbocycles. The quantitative estimate of drug-likeness (QED) is 0.279. The molecule has 2 N–H and O–H groups in total. The third kappa shape index (κ3) is 7.49. The van der Waals surface area contributed by atoms with Gasteiger partial charge in [0.1, 0.15) is 11.5 Å². The molecule has 0 aliphatic rings. The highest BCUT2D eigenvalue weighted by Crippen LogP contribution is 2.17. The van der Waals surface area contributed by atoms with Crippen molar-refractivity contribution in [1.29, 1.82) is 0 Å². The van der Waals surface area contributed by atoms with Crippen LogP contribution in [0.5, 0.6) is 5.75 Å². The Bertz CT molecular complexity index is 531. The fraction of sp³-hybridized carbons (Fsp3) is 0.444. The Balaban J connectivity index is 2.39. The largest absolute Gasteiger partial charge is 0.507 e. The number of ether oxygens (including phenoxy) is 1. The third-order valence-electron chi connectivity index (χ3n) is 3.40. The van der Waals surface area contributed by atoms with E-state index in [0.29, 0.717) is 24.0 Å². The maximum atomic E-state index is 11.0. The first-order chi connectivity index (χ1) is 11.0. The molecule has 0 unspecified atom stereocenters. The van der Waals surface area contributed by atoms with E-state index in [9.17, 15) is 14.7 Å². The van der Waals surface area contributed by atoms with Gasteiger partial charge in [0.15, 0.2) is 0 Å². The molecule has 0 fully saturated rings. The number of aliphatic hydroxyl groups excluding tert-OH is 1. The standard InChI is InChI=1S/C18H24O5/c1-2-3-4-5-6-7-12-23-15-10-8-14(9-11-15)16(19)13-17(20)18(21)22/h8-11,13,19H,2-7,12H2,1H3,(H,21,22)/b16-13-. The minimum atomic E-state index is -1.60. The van der Waals surface area contributed by atoms with Crippen molar-refractivity contribution in [2.24, 2.45) is 0 Å². The second kappa shape index (κ2) is 10.4. The van der Waals surface area contributed by atoms with Crippen LogP contribution in [0.25, 0.3) is 5.76 Å². The number of hydrogen-bond donors (Lipinski definition) is 2. The molecule has 1 aromatic rings. The number of carboxylic acid groups (broad SMARTS) is 1. The molecule has 0 aliphatic heterocycles. The molecule has 0 aromatic heterocycles. The Morgan fingerprint density at radius 3 is 2.22 bits per heavy atom. The Morgan fingerprint density at radius 1 is 1.00 bits per heavy atom. The zero-order valence-corrected chi connectivity index (χ0v) is 13.5. The lowest BCUT2D eigenvalue weighted by Gasteiger charge is -2.07. The van der Waals surface area contributed by atoms with Gasteiger partial charge in [-0.2, -0.15) is 0 Å². The average Bonchev–Trinajstić information content (AvgIpc) is 2.54. The number of carbonyl (C=O) groups is 2. The number of ketones is 1. The number of rotatable bonds is 11. The molecule has 1 rings (SSSR count). The Hall–Kier alpha value is -2.30. The molecule has 1 aromatic carbocycles. The van der Waals surface area contributed by atoms with Crippen molar-refractivity contribution in [3.8, 4) is 5.75 Å². The van der Waals surface area contributed by atoms with Gasteiger partial charge in [-0.15, -0.1) is 0 Å². The summed E-state index contributed by atoms with van der Waals surface area (Å²) in [5.74, 6) is -2.46. The zero-order valence-electron chi connectivity index (χ0n) is 13.5. The van der Waals surface area contributed by atoms with Gasteiger partial charge in [0.05, 0.1) is 6.61 Å². The zero-order chi connectivity index (χ0) is 17.1. The van der Waals surface area contributed by atoms with Crippen molar-refractivity contribution in [2.45, 2.75) is 45.4 Å². The topological polar surface area (TPSA) is 83.8 Å². The SMILES string of the molecule is CCCCCCCCOc1ccc(/C(O)=C/C(=O)C(=O)O)cc1. The van der Waals surface area contributed by atoms with Crippen LogP contribution in [-0.2, 0) is 9.59 Å². The number of hydrogen-bond acceptors (Lipinski definition) is 4. The predicted molar refractivity (Wildman–Crippen MR) is 88.6 cm³/mol. The summed E-state index contributed by atoms with van der Waals surface area (Å²) in [7, 11) is 0. The van der Waals surface area contributed by atoms with E-state index in [1.807, 2.05) is 0 Å². The van der Waals surface area contributed by atoms with Crippen LogP contribution in [0.15, 0.2) is 30.3 Å². The summed E-state index contributed by atoms with van der Waals surface area (Å²) in [6, 6.07) is 6.53. The first kappa shape index (κ1) is 18.7. The van der Waals surface area contributed by atoms with Crippen LogP contribution in [0.1, 0.15) is 51.0 Å². The van der Waals surface area contributed by atoms with Crippen molar-refractivity contribution in [3.05, 3.63) is 35.9 Å². The van der Waals surface area contributed by atoms with Crippen molar-refractivity contribution in [1.82, 2.24) is 0 Å². The maximum Gasteiger partial charge on any atom is 0.376 e. The van der Waals surface area contributed by atoms with Gasteiger partial charge in [0.2, 0.25) is 0 Å². The van der Waals surface area contributed by atoms with E-state index >= 15 is 0 Å². The summed E-state index contributed by atoms with van der Waals surface area (Å²) in [4.78, 5) is 21.4. The molecule has 5 heteroatoms. The monoisotopic (exact) mass is 320 g/mol. The number of unbranched alkanes of at least 4 members (excludes halogenated alkanes) is 5. The van der Waals surface area contributed by atoms with Gasteiger partial charge in [-0.05, 0) is 30.7 Å². The third-order valence-corrected chi connectivity index (χ3v) is 3.40. The second-order valence-electron chi connectivity index (χ2n) is 5.34. The molecule has 0 atom stereocenters. The molecule has 0 amide bonds. The lowest BCUT2D eigenvalue weighted by Crippen LogP contribution is -2.09. The minimum Gasteiger partial charge on any atom is -0.507 e. The van der Waals surface area contributed by atoms with Crippen molar-refractivity contribution >= 4 is 17.5 Å². The molecule has 0 aliphatic carbocycles. The van der Waals surface area contributed by atoms with Crippen LogP contribution in [0.2, 0.25) is 0 Å². The summed E-state index contributed by atoms with van der Waals surface area (Å²) in [5, 5.41) is 18.2. The smallest absolute Gasteiger partial charge is 0.376 e. The van der Waals surface area contributed by atoms with E-state index in [2.05, 4.69) is 6.92 Å². The second-order valence-corrected chi connectivity index (χ2v) is 5.34. The normalized spacial score (nSPS) is 11.3. The molecule has 126 valence electrons. The predicted octanol–water partition coefficient (Wildman–Crippen LogP) is 3.98. The number of carboxylic acids is 1. The van der Waals surface area contributed by atoms with Gasteiger partial charge < -0.3 is 14.9 Å². The molecule has 0 radical (unpaired) electrons. The van der Waals surface area contributed by atoms with Crippen molar-refractivity contribution in [2.75, 3.05) is 6.61 Å². The molecule has 5 nitrogen and oxygen atoms in total. The maximum absolute atomic E-state index is 11.0. The van der Waals surface area contributed by atoms with Gasteiger partial charge in [0, 0.05) is 11.6 Å². The molecule has 0 spiro atoms.